The number of piperidine rings is 1. The molecular formula is C18H25N3O3S. The number of carbonyl (C=O) groups is 1. The van der Waals surface area contributed by atoms with Gasteiger partial charge in [0.2, 0.25) is 0 Å². The first-order valence-electron chi connectivity index (χ1n) is 8.63. The number of carbonyl (C=O) groups excluding carboxylic acids is 1. The number of nitrogens with one attached hydrogen (secondary N) is 1. The Labute approximate surface area is 150 Å². The molecule has 3 rings (SSSR count). The van der Waals surface area contributed by atoms with Crippen LogP contribution in [0.2, 0.25) is 0 Å². The summed E-state index contributed by atoms with van der Waals surface area (Å²) in [4.78, 5) is 21.5. The summed E-state index contributed by atoms with van der Waals surface area (Å²) >= 11 is 0. The van der Waals surface area contributed by atoms with Gasteiger partial charge in [-0.15, -0.1) is 0 Å². The molecule has 6 nitrogen and oxygen atoms in total. The van der Waals surface area contributed by atoms with Crippen molar-refractivity contribution in [1.29, 1.82) is 0 Å². The van der Waals surface area contributed by atoms with Gasteiger partial charge in [0.1, 0.15) is 5.60 Å². The molecule has 2 aromatic rings. The lowest BCUT2D eigenvalue weighted by Gasteiger charge is -2.33. The number of imidazole rings is 1. The van der Waals surface area contributed by atoms with Crippen LogP contribution in [0.4, 0.5) is 4.79 Å². The summed E-state index contributed by atoms with van der Waals surface area (Å²) < 4.78 is 18.1. The smallest absolute Gasteiger partial charge is 0.410 e. The third kappa shape index (κ3) is 4.60. The SMILES string of the molecule is CC(C)(C)OC(=O)N1CCC[C@H](C[S@](=O)c2nc3ccccc3[nH]2)C1. The van der Waals surface area contributed by atoms with E-state index in [2.05, 4.69) is 9.97 Å². The van der Waals surface area contributed by atoms with Crippen molar-refractivity contribution in [2.75, 3.05) is 18.8 Å². The Morgan fingerprint density at radius 3 is 2.88 bits per heavy atom. The summed E-state index contributed by atoms with van der Waals surface area (Å²) in [6.07, 6.45) is 1.58. The number of amides is 1. The molecule has 136 valence electrons. The minimum atomic E-state index is -1.21. The maximum atomic E-state index is 12.7. The van der Waals surface area contributed by atoms with Crippen LogP contribution < -0.4 is 0 Å². The number of fused-ring (bicyclic) bond motifs is 1. The van der Waals surface area contributed by atoms with Gasteiger partial charge in [-0.25, -0.2) is 9.78 Å². The molecular weight excluding hydrogens is 338 g/mol. The highest BCUT2D eigenvalue weighted by atomic mass is 32.2. The molecule has 1 saturated heterocycles. The van der Waals surface area contributed by atoms with Gasteiger partial charge < -0.3 is 14.6 Å². The lowest BCUT2D eigenvalue weighted by atomic mass is 10.0. The Hall–Kier alpha value is -1.89. The largest absolute Gasteiger partial charge is 0.444 e. The number of benzene rings is 1. The van der Waals surface area contributed by atoms with E-state index in [-0.39, 0.29) is 12.0 Å². The molecule has 0 saturated carbocycles. The van der Waals surface area contributed by atoms with Crippen LogP contribution >= 0.6 is 0 Å². The molecule has 0 aliphatic carbocycles. The summed E-state index contributed by atoms with van der Waals surface area (Å²) in [5.74, 6) is 0.689. The van der Waals surface area contributed by atoms with Crippen molar-refractivity contribution in [2.24, 2.45) is 5.92 Å². The number of hydrogen-bond donors (Lipinski definition) is 1. The number of nitrogens with zero attached hydrogens (tertiary/aromatic N) is 2. The van der Waals surface area contributed by atoms with Crippen LogP contribution in [0.25, 0.3) is 11.0 Å². The van der Waals surface area contributed by atoms with E-state index in [0.717, 1.165) is 23.9 Å². The van der Waals surface area contributed by atoms with Gasteiger partial charge in [-0.3, -0.25) is 4.21 Å². The zero-order chi connectivity index (χ0) is 18.0. The van der Waals surface area contributed by atoms with E-state index in [9.17, 15) is 9.00 Å². The molecule has 0 bridgehead atoms. The van der Waals surface area contributed by atoms with Crippen LogP contribution in [-0.2, 0) is 15.5 Å². The van der Waals surface area contributed by atoms with Crippen molar-refractivity contribution in [3.63, 3.8) is 0 Å². The molecule has 1 N–H and O–H groups in total. The number of H-pyrrole nitrogens is 1. The molecule has 2 atom stereocenters. The van der Waals surface area contributed by atoms with Gasteiger partial charge in [0, 0.05) is 18.8 Å². The van der Waals surface area contributed by atoms with Crippen molar-refractivity contribution in [3.8, 4) is 0 Å². The summed E-state index contributed by atoms with van der Waals surface area (Å²) in [5, 5.41) is 0.510. The molecule has 1 fully saturated rings. The third-order valence-corrected chi connectivity index (χ3v) is 5.54. The molecule has 0 unspecified atom stereocenters. The van der Waals surface area contributed by atoms with E-state index in [1.807, 2.05) is 45.0 Å². The van der Waals surface area contributed by atoms with Gasteiger partial charge in [0.15, 0.2) is 5.16 Å². The fourth-order valence-electron chi connectivity index (χ4n) is 3.02. The molecule has 0 radical (unpaired) electrons. The molecule has 1 aromatic carbocycles. The lowest BCUT2D eigenvalue weighted by Crippen LogP contribution is -2.44. The van der Waals surface area contributed by atoms with Crippen LogP contribution in [0.3, 0.4) is 0 Å². The predicted octanol–water partition coefficient (Wildman–Crippen LogP) is 3.32. The maximum Gasteiger partial charge on any atom is 0.410 e. The molecule has 7 heteroatoms. The van der Waals surface area contributed by atoms with Crippen molar-refractivity contribution in [1.82, 2.24) is 14.9 Å². The second-order valence-electron chi connectivity index (χ2n) is 7.51. The Balaban J connectivity index is 1.62. The molecule has 2 heterocycles. The average Bonchev–Trinajstić information content (AvgIpc) is 2.98. The van der Waals surface area contributed by atoms with Crippen LogP contribution in [0.1, 0.15) is 33.6 Å². The van der Waals surface area contributed by atoms with E-state index < -0.39 is 16.4 Å². The van der Waals surface area contributed by atoms with Gasteiger partial charge in [0.25, 0.3) is 0 Å². The van der Waals surface area contributed by atoms with E-state index >= 15 is 0 Å². The number of aromatic nitrogens is 2. The van der Waals surface area contributed by atoms with E-state index in [4.69, 9.17) is 4.74 Å². The molecule has 25 heavy (non-hydrogen) atoms. The standard InChI is InChI=1S/C18H25N3O3S/c1-18(2,3)24-17(22)21-10-6-7-13(11-21)12-25(23)16-19-14-8-4-5-9-15(14)20-16/h4-5,8-9,13H,6-7,10-12H2,1-3H3,(H,19,20)/t13-,25-/m0/s1. The monoisotopic (exact) mass is 363 g/mol. The molecule has 0 spiro atoms. The minimum absolute atomic E-state index is 0.190. The third-order valence-electron chi connectivity index (χ3n) is 4.14. The Morgan fingerprint density at radius 1 is 1.40 bits per heavy atom. The normalized spacial score (nSPS) is 19.8. The molecule has 1 aliphatic rings. The van der Waals surface area contributed by atoms with Crippen molar-refractivity contribution < 1.29 is 13.7 Å². The Kier molecular flexibility index (Phi) is 5.13. The average molecular weight is 363 g/mol. The molecule has 1 amide bonds. The number of rotatable bonds is 3. The Bertz CT molecular complexity index is 748. The topological polar surface area (TPSA) is 75.3 Å². The predicted molar refractivity (Wildman–Crippen MR) is 97.9 cm³/mol. The van der Waals surface area contributed by atoms with Gasteiger partial charge in [0.05, 0.1) is 21.8 Å². The zero-order valence-corrected chi connectivity index (χ0v) is 15.8. The maximum absolute atomic E-state index is 12.7. The highest BCUT2D eigenvalue weighted by Crippen LogP contribution is 2.22. The molecule has 1 aliphatic heterocycles. The van der Waals surface area contributed by atoms with E-state index in [1.165, 1.54) is 0 Å². The summed E-state index contributed by atoms with van der Waals surface area (Å²) in [7, 11) is -1.21. The van der Waals surface area contributed by atoms with Crippen LogP contribution in [-0.4, -0.2) is 49.6 Å². The zero-order valence-electron chi connectivity index (χ0n) is 14.9. The number of likely N-dealkylation sites (tertiary alicyclic amines) is 1. The highest BCUT2D eigenvalue weighted by Gasteiger charge is 2.29. The van der Waals surface area contributed by atoms with Crippen LogP contribution in [0, 0.1) is 5.92 Å². The summed E-state index contributed by atoms with van der Waals surface area (Å²) in [5.41, 5.74) is 1.22. The van der Waals surface area contributed by atoms with E-state index in [0.29, 0.717) is 24.0 Å². The number of para-hydroxylation sites is 2. The highest BCUT2D eigenvalue weighted by molar-refractivity contribution is 7.84. The van der Waals surface area contributed by atoms with Crippen LogP contribution in [0.15, 0.2) is 29.4 Å². The summed E-state index contributed by atoms with van der Waals surface area (Å²) in [6.45, 7) is 6.87. The van der Waals surface area contributed by atoms with Crippen LogP contribution in [0.5, 0.6) is 0 Å². The van der Waals surface area contributed by atoms with Crippen molar-refractivity contribution >= 4 is 27.9 Å². The minimum Gasteiger partial charge on any atom is -0.444 e. The first-order valence-corrected chi connectivity index (χ1v) is 9.95. The summed E-state index contributed by atoms with van der Waals surface area (Å²) in [6, 6.07) is 7.66. The van der Waals surface area contributed by atoms with E-state index in [1.54, 1.807) is 4.90 Å². The van der Waals surface area contributed by atoms with Crippen molar-refractivity contribution in [3.05, 3.63) is 24.3 Å². The van der Waals surface area contributed by atoms with Crippen molar-refractivity contribution in [2.45, 2.75) is 44.4 Å². The fraction of sp³-hybridized carbons (Fsp3) is 0.556. The number of hydrogen-bond acceptors (Lipinski definition) is 4. The molecule has 1 aromatic heterocycles. The van der Waals surface area contributed by atoms with Gasteiger partial charge in [-0.1, -0.05) is 12.1 Å². The van der Waals surface area contributed by atoms with Gasteiger partial charge in [-0.2, -0.15) is 0 Å². The Morgan fingerprint density at radius 2 is 2.16 bits per heavy atom. The lowest BCUT2D eigenvalue weighted by molar-refractivity contribution is 0.0176. The second-order valence-corrected chi connectivity index (χ2v) is 8.92. The number of ether oxygens (including phenoxy) is 1. The van der Waals surface area contributed by atoms with Gasteiger partial charge in [-0.05, 0) is 51.7 Å². The first-order chi connectivity index (χ1) is 11.8. The van der Waals surface area contributed by atoms with Gasteiger partial charge >= 0.3 is 6.09 Å². The first kappa shape index (κ1) is 17.9. The second kappa shape index (κ2) is 7.15. The quantitative estimate of drug-likeness (QED) is 0.908. The fourth-order valence-corrected chi connectivity index (χ4v) is 4.31. The number of aromatic amines is 1.